The van der Waals surface area contributed by atoms with Crippen molar-refractivity contribution in [2.45, 2.75) is 27.4 Å². The summed E-state index contributed by atoms with van der Waals surface area (Å²) in [7, 11) is 1.34. The molecule has 0 fully saturated rings. The lowest BCUT2D eigenvalue weighted by Crippen LogP contribution is -2.21. The van der Waals surface area contributed by atoms with Crippen LogP contribution in [0.5, 0.6) is 11.5 Å². The average molecular weight is 325 g/mol. The van der Waals surface area contributed by atoms with Crippen molar-refractivity contribution in [1.29, 1.82) is 0 Å². The van der Waals surface area contributed by atoms with Crippen molar-refractivity contribution in [2.75, 3.05) is 7.11 Å². The van der Waals surface area contributed by atoms with Crippen LogP contribution in [0.2, 0.25) is 0 Å². The standard InChI is InChI=1S/C16H17F2NO4/c1-16(2,3)14-19-10(13(20)23-14)7-9-5-6-11(22-15(17)18)12(8-9)21-4/h5-8,15H,1-4H3/b10-7+. The van der Waals surface area contributed by atoms with Gasteiger partial charge in [0, 0.05) is 5.41 Å². The number of alkyl halides is 2. The second kappa shape index (κ2) is 6.36. The minimum absolute atomic E-state index is 0.0856. The summed E-state index contributed by atoms with van der Waals surface area (Å²) in [5.41, 5.74) is 0.298. The number of rotatable bonds is 4. The number of nitrogens with zero attached hydrogens (tertiary/aromatic N) is 1. The molecule has 1 aromatic rings. The van der Waals surface area contributed by atoms with Crippen LogP contribution in [-0.4, -0.2) is 25.6 Å². The van der Waals surface area contributed by atoms with E-state index < -0.39 is 18.0 Å². The summed E-state index contributed by atoms with van der Waals surface area (Å²) in [6, 6.07) is 4.33. The zero-order valence-electron chi connectivity index (χ0n) is 13.2. The lowest BCUT2D eigenvalue weighted by Gasteiger charge is -2.15. The highest BCUT2D eigenvalue weighted by Gasteiger charge is 2.31. The van der Waals surface area contributed by atoms with Crippen LogP contribution in [0.4, 0.5) is 8.78 Å². The summed E-state index contributed by atoms with van der Waals surface area (Å²) in [4.78, 5) is 16.0. The number of ether oxygens (including phenoxy) is 3. The van der Waals surface area contributed by atoms with E-state index in [0.717, 1.165) is 0 Å². The van der Waals surface area contributed by atoms with Crippen molar-refractivity contribution in [3.8, 4) is 11.5 Å². The van der Waals surface area contributed by atoms with Gasteiger partial charge in [-0.05, 0) is 23.8 Å². The third kappa shape index (κ3) is 4.06. The van der Waals surface area contributed by atoms with Gasteiger partial charge in [0.1, 0.15) is 0 Å². The summed E-state index contributed by atoms with van der Waals surface area (Å²) in [5.74, 6) is -0.177. The van der Waals surface area contributed by atoms with Gasteiger partial charge in [-0.2, -0.15) is 8.78 Å². The predicted octanol–water partition coefficient (Wildman–Crippen LogP) is 3.64. The number of carbonyl (C=O) groups excluding carboxylic acids is 1. The number of aliphatic imine (C=N–C) groups is 1. The summed E-state index contributed by atoms with van der Waals surface area (Å²) in [6.07, 6.45) is 1.50. The Hall–Kier alpha value is -2.44. The van der Waals surface area contributed by atoms with Gasteiger partial charge in [-0.3, -0.25) is 0 Å². The third-order valence-corrected chi connectivity index (χ3v) is 2.97. The summed E-state index contributed by atoms with van der Waals surface area (Å²) < 4.78 is 39.1. The van der Waals surface area contributed by atoms with E-state index in [9.17, 15) is 13.6 Å². The van der Waals surface area contributed by atoms with Gasteiger partial charge in [-0.25, -0.2) is 9.79 Å². The molecule has 1 aliphatic heterocycles. The fourth-order valence-corrected chi connectivity index (χ4v) is 1.86. The molecule has 7 heteroatoms. The van der Waals surface area contributed by atoms with Gasteiger partial charge in [0.2, 0.25) is 5.90 Å². The number of carbonyl (C=O) groups is 1. The quantitative estimate of drug-likeness (QED) is 0.626. The number of esters is 1. The molecule has 1 aliphatic rings. The zero-order chi connectivity index (χ0) is 17.2. The van der Waals surface area contributed by atoms with Crippen LogP contribution in [0.1, 0.15) is 26.3 Å². The topological polar surface area (TPSA) is 57.1 Å². The van der Waals surface area contributed by atoms with Crippen molar-refractivity contribution in [1.82, 2.24) is 0 Å². The fourth-order valence-electron chi connectivity index (χ4n) is 1.86. The number of halogens is 2. The number of benzene rings is 1. The van der Waals surface area contributed by atoms with Gasteiger partial charge in [0.15, 0.2) is 17.2 Å². The number of hydrogen-bond donors (Lipinski definition) is 0. The van der Waals surface area contributed by atoms with E-state index in [1.807, 2.05) is 20.8 Å². The Balaban J connectivity index is 2.32. The number of methoxy groups -OCH3 is 1. The summed E-state index contributed by atoms with van der Waals surface area (Å²) >= 11 is 0. The smallest absolute Gasteiger partial charge is 0.387 e. The van der Waals surface area contributed by atoms with Crippen molar-refractivity contribution in [3.05, 3.63) is 29.5 Å². The molecule has 0 N–H and O–H groups in total. The van der Waals surface area contributed by atoms with Crippen LogP contribution >= 0.6 is 0 Å². The number of cyclic esters (lactones) is 1. The first-order valence-electron chi connectivity index (χ1n) is 6.86. The molecule has 0 saturated carbocycles. The van der Waals surface area contributed by atoms with Crippen molar-refractivity contribution >= 4 is 17.9 Å². The molecule has 0 saturated heterocycles. The lowest BCUT2D eigenvalue weighted by atomic mass is 9.97. The maximum absolute atomic E-state index is 12.3. The highest BCUT2D eigenvalue weighted by atomic mass is 19.3. The highest BCUT2D eigenvalue weighted by molar-refractivity contribution is 6.08. The maximum Gasteiger partial charge on any atom is 0.387 e. The fraction of sp³-hybridized carbons (Fsp3) is 0.375. The van der Waals surface area contributed by atoms with E-state index in [4.69, 9.17) is 9.47 Å². The Morgan fingerprint density at radius 3 is 2.48 bits per heavy atom. The van der Waals surface area contributed by atoms with Crippen LogP contribution in [0, 0.1) is 5.41 Å². The molecule has 0 aliphatic carbocycles. The van der Waals surface area contributed by atoms with Crippen LogP contribution in [0.15, 0.2) is 28.9 Å². The molecule has 0 amide bonds. The molecule has 23 heavy (non-hydrogen) atoms. The Kier molecular flexibility index (Phi) is 4.68. The van der Waals surface area contributed by atoms with E-state index in [-0.39, 0.29) is 17.2 Å². The first-order chi connectivity index (χ1) is 10.7. The molecule has 0 aromatic heterocycles. The molecule has 0 atom stereocenters. The average Bonchev–Trinajstić information content (AvgIpc) is 2.81. The van der Waals surface area contributed by atoms with E-state index in [1.165, 1.54) is 31.4 Å². The van der Waals surface area contributed by atoms with E-state index >= 15 is 0 Å². The molecule has 5 nitrogen and oxygen atoms in total. The minimum atomic E-state index is -2.95. The SMILES string of the molecule is COc1cc(/C=C2/N=C(C(C)(C)C)OC2=O)ccc1OC(F)F. The highest BCUT2D eigenvalue weighted by Crippen LogP contribution is 2.31. The molecule has 0 unspecified atom stereocenters. The molecule has 1 aromatic carbocycles. The van der Waals surface area contributed by atoms with Crippen molar-refractivity contribution < 1.29 is 27.8 Å². The largest absolute Gasteiger partial charge is 0.493 e. The second-order valence-corrected chi connectivity index (χ2v) is 5.87. The monoisotopic (exact) mass is 325 g/mol. The Bertz CT molecular complexity index is 675. The zero-order valence-corrected chi connectivity index (χ0v) is 13.2. The number of hydrogen-bond acceptors (Lipinski definition) is 5. The maximum atomic E-state index is 12.3. The third-order valence-electron chi connectivity index (χ3n) is 2.97. The Morgan fingerprint density at radius 2 is 1.96 bits per heavy atom. The normalized spacial score (nSPS) is 16.6. The molecule has 2 rings (SSSR count). The van der Waals surface area contributed by atoms with E-state index in [0.29, 0.717) is 11.5 Å². The first kappa shape index (κ1) is 16.9. The van der Waals surface area contributed by atoms with Crippen molar-refractivity contribution in [3.63, 3.8) is 0 Å². The first-order valence-corrected chi connectivity index (χ1v) is 6.86. The van der Waals surface area contributed by atoms with Gasteiger partial charge in [0.05, 0.1) is 7.11 Å². The van der Waals surface area contributed by atoms with Crippen LogP contribution in [-0.2, 0) is 9.53 Å². The van der Waals surface area contributed by atoms with Crippen LogP contribution in [0.25, 0.3) is 6.08 Å². The van der Waals surface area contributed by atoms with Crippen LogP contribution in [0.3, 0.4) is 0 Å². The second-order valence-electron chi connectivity index (χ2n) is 5.87. The van der Waals surface area contributed by atoms with Crippen molar-refractivity contribution in [2.24, 2.45) is 10.4 Å². The lowest BCUT2D eigenvalue weighted by molar-refractivity contribution is -0.130. The van der Waals surface area contributed by atoms with Gasteiger partial charge >= 0.3 is 12.6 Å². The molecule has 1 heterocycles. The van der Waals surface area contributed by atoms with Gasteiger partial charge in [-0.15, -0.1) is 0 Å². The molecular formula is C16H17F2NO4. The summed E-state index contributed by atoms with van der Waals surface area (Å²) in [6.45, 7) is 2.68. The van der Waals surface area contributed by atoms with E-state index in [1.54, 1.807) is 0 Å². The summed E-state index contributed by atoms with van der Waals surface area (Å²) in [5, 5.41) is 0. The van der Waals surface area contributed by atoms with Gasteiger partial charge < -0.3 is 14.2 Å². The minimum Gasteiger partial charge on any atom is -0.493 e. The van der Waals surface area contributed by atoms with Gasteiger partial charge in [0.25, 0.3) is 0 Å². The van der Waals surface area contributed by atoms with Crippen LogP contribution < -0.4 is 9.47 Å². The molecule has 0 radical (unpaired) electrons. The molecular weight excluding hydrogens is 308 g/mol. The molecule has 0 spiro atoms. The van der Waals surface area contributed by atoms with E-state index in [2.05, 4.69) is 9.73 Å². The Labute approximate surface area is 132 Å². The molecule has 0 bridgehead atoms. The Morgan fingerprint density at radius 1 is 1.26 bits per heavy atom. The van der Waals surface area contributed by atoms with Gasteiger partial charge in [-0.1, -0.05) is 26.8 Å². The predicted molar refractivity (Wildman–Crippen MR) is 80.6 cm³/mol. The molecule has 124 valence electrons.